The molecule has 3 heteroatoms. The summed E-state index contributed by atoms with van der Waals surface area (Å²) in [6.07, 6.45) is 0.305. The Labute approximate surface area is 97.4 Å². The Morgan fingerprint density at radius 2 is 2.38 bits per heavy atom. The van der Waals surface area contributed by atoms with Crippen LogP contribution in [0.15, 0.2) is 24.3 Å². The highest BCUT2D eigenvalue weighted by Gasteiger charge is 2.19. The Morgan fingerprint density at radius 1 is 1.50 bits per heavy atom. The van der Waals surface area contributed by atoms with Crippen molar-refractivity contribution in [3.05, 3.63) is 29.8 Å². The number of rotatable bonds is 3. The first-order valence-corrected chi connectivity index (χ1v) is 5.87. The molecule has 1 saturated heterocycles. The second-order valence-corrected chi connectivity index (χ2v) is 4.34. The summed E-state index contributed by atoms with van der Waals surface area (Å²) in [4.78, 5) is 2.40. The average molecular weight is 220 g/mol. The van der Waals surface area contributed by atoms with E-state index < -0.39 is 0 Å². The smallest absolute Gasteiger partial charge is 0.0874 e. The average Bonchev–Trinajstić information content (AvgIpc) is 2.30. The molecule has 0 bridgehead atoms. The van der Waals surface area contributed by atoms with Crippen LogP contribution >= 0.6 is 0 Å². The molecular weight excluding hydrogens is 200 g/mol. The normalized spacial score (nSPS) is 21.1. The quantitative estimate of drug-likeness (QED) is 0.834. The van der Waals surface area contributed by atoms with E-state index in [1.54, 1.807) is 0 Å². The van der Waals surface area contributed by atoms with Crippen LogP contribution in [0.3, 0.4) is 0 Å². The van der Waals surface area contributed by atoms with Gasteiger partial charge in [-0.2, -0.15) is 0 Å². The van der Waals surface area contributed by atoms with Gasteiger partial charge in [0, 0.05) is 25.3 Å². The Bertz CT molecular complexity index is 338. The molecule has 1 fully saturated rings. The van der Waals surface area contributed by atoms with Gasteiger partial charge in [-0.1, -0.05) is 12.1 Å². The standard InChI is InChI=1S/C13H20N2O/c1-11-4-3-5-12(8-11)15-6-7-16-13(10-15)9-14-2/h3-5,8,13-14H,6-7,9-10H2,1-2H3. The van der Waals surface area contributed by atoms with Crippen LogP contribution in [0.4, 0.5) is 5.69 Å². The van der Waals surface area contributed by atoms with E-state index in [0.29, 0.717) is 6.10 Å². The highest BCUT2D eigenvalue weighted by Crippen LogP contribution is 2.18. The fraction of sp³-hybridized carbons (Fsp3) is 0.538. The molecule has 0 radical (unpaired) electrons. The number of anilines is 1. The van der Waals surface area contributed by atoms with E-state index in [1.165, 1.54) is 11.3 Å². The number of hydrogen-bond acceptors (Lipinski definition) is 3. The van der Waals surface area contributed by atoms with Gasteiger partial charge in [0.1, 0.15) is 0 Å². The topological polar surface area (TPSA) is 24.5 Å². The van der Waals surface area contributed by atoms with Crippen LogP contribution in [0.5, 0.6) is 0 Å². The van der Waals surface area contributed by atoms with Gasteiger partial charge in [0.2, 0.25) is 0 Å². The number of aryl methyl sites for hydroxylation is 1. The summed E-state index contributed by atoms with van der Waals surface area (Å²) in [5.41, 5.74) is 2.62. The summed E-state index contributed by atoms with van der Waals surface area (Å²) in [6.45, 7) is 5.84. The first-order chi connectivity index (χ1) is 7.79. The fourth-order valence-electron chi connectivity index (χ4n) is 2.13. The third-order valence-electron chi connectivity index (χ3n) is 2.94. The molecule has 0 aromatic heterocycles. The van der Waals surface area contributed by atoms with E-state index in [0.717, 1.165) is 26.2 Å². The highest BCUT2D eigenvalue weighted by atomic mass is 16.5. The van der Waals surface area contributed by atoms with E-state index >= 15 is 0 Å². The summed E-state index contributed by atoms with van der Waals surface area (Å²) in [6, 6.07) is 8.67. The highest BCUT2D eigenvalue weighted by molar-refractivity contribution is 5.48. The van der Waals surface area contributed by atoms with Gasteiger partial charge in [0.25, 0.3) is 0 Å². The lowest BCUT2D eigenvalue weighted by atomic mass is 10.2. The number of ether oxygens (including phenoxy) is 1. The number of benzene rings is 1. The largest absolute Gasteiger partial charge is 0.373 e. The third-order valence-corrected chi connectivity index (χ3v) is 2.94. The van der Waals surface area contributed by atoms with Gasteiger partial charge >= 0.3 is 0 Å². The van der Waals surface area contributed by atoms with Crippen molar-refractivity contribution in [2.45, 2.75) is 13.0 Å². The number of morpholine rings is 1. The first kappa shape index (κ1) is 11.4. The molecule has 1 unspecified atom stereocenters. The van der Waals surface area contributed by atoms with Gasteiger partial charge < -0.3 is 15.0 Å². The van der Waals surface area contributed by atoms with Gasteiger partial charge in [-0.3, -0.25) is 0 Å². The lowest BCUT2D eigenvalue weighted by Gasteiger charge is -2.34. The summed E-state index contributed by atoms with van der Waals surface area (Å²) >= 11 is 0. The predicted octanol–water partition coefficient (Wildman–Crippen LogP) is 1.42. The maximum absolute atomic E-state index is 5.70. The number of nitrogens with zero attached hydrogens (tertiary/aromatic N) is 1. The molecule has 1 atom stereocenters. The van der Waals surface area contributed by atoms with Crippen molar-refractivity contribution in [1.29, 1.82) is 0 Å². The molecular formula is C13H20N2O. The fourth-order valence-corrected chi connectivity index (χ4v) is 2.13. The SMILES string of the molecule is CNCC1CN(c2cccc(C)c2)CCO1. The van der Waals surface area contributed by atoms with Crippen molar-refractivity contribution < 1.29 is 4.74 Å². The Balaban J connectivity index is 2.03. The molecule has 1 heterocycles. The van der Waals surface area contributed by atoms with Gasteiger partial charge in [0.05, 0.1) is 12.7 Å². The van der Waals surface area contributed by atoms with Crippen LogP contribution < -0.4 is 10.2 Å². The van der Waals surface area contributed by atoms with Crippen LogP contribution in [-0.2, 0) is 4.74 Å². The van der Waals surface area contributed by atoms with E-state index in [2.05, 4.69) is 41.4 Å². The lowest BCUT2D eigenvalue weighted by molar-refractivity contribution is 0.0422. The maximum atomic E-state index is 5.70. The minimum atomic E-state index is 0.305. The summed E-state index contributed by atoms with van der Waals surface area (Å²) < 4.78 is 5.70. The number of likely N-dealkylation sites (N-methyl/N-ethyl adjacent to an activating group) is 1. The van der Waals surface area contributed by atoms with Crippen LogP contribution in [0.1, 0.15) is 5.56 Å². The molecule has 1 aliphatic rings. The van der Waals surface area contributed by atoms with E-state index in [4.69, 9.17) is 4.74 Å². The monoisotopic (exact) mass is 220 g/mol. The Hall–Kier alpha value is -1.06. The molecule has 0 saturated carbocycles. The second-order valence-electron chi connectivity index (χ2n) is 4.34. The molecule has 1 aromatic carbocycles. The molecule has 2 rings (SSSR count). The number of hydrogen-bond donors (Lipinski definition) is 1. The first-order valence-electron chi connectivity index (χ1n) is 5.87. The summed E-state index contributed by atoms with van der Waals surface area (Å²) in [5.74, 6) is 0. The van der Waals surface area contributed by atoms with Crippen molar-refractivity contribution in [2.75, 3.05) is 38.2 Å². The van der Waals surface area contributed by atoms with Crippen LogP contribution in [0.25, 0.3) is 0 Å². The minimum Gasteiger partial charge on any atom is -0.373 e. The van der Waals surface area contributed by atoms with Gasteiger partial charge in [-0.25, -0.2) is 0 Å². The third kappa shape index (κ3) is 2.74. The van der Waals surface area contributed by atoms with Crippen molar-refractivity contribution in [3.8, 4) is 0 Å². The van der Waals surface area contributed by atoms with Gasteiger partial charge in [-0.15, -0.1) is 0 Å². The predicted molar refractivity (Wildman–Crippen MR) is 67.1 cm³/mol. The zero-order valence-electron chi connectivity index (χ0n) is 10.1. The molecule has 1 aromatic rings. The van der Waals surface area contributed by atoms with Crippen LogP contribution in [0.2, 0.25) is 0 Å². The second kappa shape index (κ2) is 5.32. The van der Waals surface area contributed by atoms with Crippen molar-refractivity contribution in [2.24, 2.45) is 0 Å². The molecule has 88 valence electrons. The van der Waals surface area contributed by atoms with Crippen LogP contribution in [-0.4, -0.2) is 39.4 Å². The van der Waals surface area contributed by atoms with Crippen molar-refractivity contribution in [3.63, 3.8) is 0 Å². The molecule has 0 aliphatic carbocycles. The maximum Gasteiger partial charge on any atom is 0.0874 e. The van der Waals surface area contributed by atoms with Gasteiger partial charge in [0.15, 0.2) is 0 Å². The zero-order chi connectivity index (χ0) is 11.4. The zero-order valence-corrected chi connectivity index (χ0v) is 10.1. The molecule has 1 aliphatic heterocycles. The molecule has 16 heavy (non-hydrogen) atoms. The van der Waals surface area contributed by atoms with E-state index in [1.807, 2.05) is 7.05 Å². The van der Waals surface area contributed by atoms with Crippen molar-refractivity contribution in [1.82, 2.24) is 5.32 Å². The van der Waals surface area contributed by atoms with E-state index in [9.17, 15) is 0 Å². The van der Waals surface area contributed by atoms with Crippen molar-refractivity contribution >= 4 is 5.69 Å². The molecule has 0 spiro atoms. The Morgan fingerprint density at radius 3 is 3.12 bits per heavy atom. The Kier molecular flexibility index (Phi) is 3.80. The summed E-state index contributed by atoms with van der Waals surface area (Å²) in [5, 5.41) is 3.17. The van der Waals surface area contributed by atoms with Crippen LogP contribution in [0, 0.1) is 6.92 Å². The van der Waals surface area contributed by atoms with Gasteiger partial charge in [-0.05, 0) is 31.7 Å². The molecule has 0 amide bonds. The number of nitrogens with one attached hydrogen (secondary N) is 1. The molecule has 1 N–H and O–H groups in total. The molecule has 3 nitrogen and oxygen atoms in total. The lowest BCUT2D eigenvalue weighted by Crippen LogP contribution is -2.46. The van der Waals surface area contributed by atoms with E-state index in [-0.39, 0.29) is 0 Å². The summed E-state index contributed by atoms with van der Waals surface area (Å²) in [7, 11) is 1.97. The minimum absolute atomic E-state index is 0.305.